The first kappa shape index (κ1) is 13.6. The van der Waals surface area contributed by atoms with Crippen molar-refractivity contribution in [3.63, 3.8) is 0 Å². The molecule has 0 saturated carbocycles. The summed E-state index contributed by atoms with van der Waals surface area (Å²) < 4.78 is 0. The summed E-state index contributed by atoms with van der Waals surface area (Å²) in [4.78, 5) is 2.73. The van der Waals surface area contributed by atoms with Crippen LogP contribution in [0, 0.1) is 5.41 Å². The Morgan fingerprint density at radius 2 is 2.17 bits per heavy atom. The van der Waals surface area contributed by atoms with Crippen molar-refractivity contribution in [1.29, 1.82) is 0 Å². The summed E-state index contributed by atoms with van der Waals surface area (Å²) in [6, 6.07) is 5.86. The Labute approximate surface area is 119 Å². The van der Waals surface area contributed by atoms with Gasteiger partial charge in [-0.15, -0.1) is 0 Å². The van der Waals surface area contributed by atoms with Crippen LogP contribution in [-0.4, -0.2) is 18.1 Å². The van der Waals surface area contributed by atoms with Crippen LogP contribution in [0.2, 0.25) is 5.02 Å². The van der Waals surface area contributed by atoms with Gasteiger partial charge in [-0.25, -0.2) is 0 Å². The van der Waals surface area contributed by atoms with Gasteiger partial charge in [-0.3, -0.25) is 0 Å². The van der Waals surface area contributed by atoms with E-state index in [2.05, 4.69) is 24.8 Å². The van der Waals surface area contributed by atoms with Crippen LogP contribution in [0.25, 0.3) is 0 Å². The van der Waals surface area contributed by atoms with Crippen LogP contribution in [0.4, 0.5) is 5.69 Å². The smallest absolute Gasteiger partial charge is 0.107 e. The topological polar surface area (TPSA) is 29.3 Å². The number of benzene rings is 1. The van der Waals surface area contributed by atoms with Crippen molar-refractivity contribution in [2.75, 3.05) is 18.0 Å². The molecule has 0 radical (unpaired) electrons. The van der Waals surface area contributed by atoms with Crippen LogP contribution < -0.4 is 10.6 Å². The standard InChI is InChI=1S/C14H19ClN2S/c1-14(2)7-4-8-17(9-14)11-6-3-5-10(15)12(11)13(16)18/h3,5-6H,4,7-9H2,1-2H3,(H2,16,18). The van der Waals surface area contributed by atoms with E-state index < -0.39 is 0 Å². The summed E-state index contributed by atoms with van der Waals surface area (Å²) in [7, 11) is 0. The third-order valence-electron chi connectivity index (χ3n) is 3.48. The van der Waals surface area contributed by atoms with Gasteiger partial charge in [0.1, 0.15) is 4.99 Å². The predicted molar refractivity (Wildman–Crippen MR) is 82.6 cm³/mol. The third-order valence-corrected chi connectivity index (χ3v) is 4.00. The molecule has 0 aliphatic carbocycles. The maximum absolute atomic E-state index is 6.22. The van der Waals surface area contributed by atoms with E-state index in [1.807, 2.05) is 12.1 Å². The lowest BCUT2D eigenvalue weighted by molar-refractivity contribution is 0.293. The molecule has 1 aromatic carbocycles. The maximum atomic E-state index is 6.22. The Morgan fingerprint density at radius 3 is 2.78 bits per heavy atom. The Morgan fingerprint density at radius 1 is 1.44 bits per heavy atom. The van der Waals surface area contributed by atoms with Crippen molar-refractivity contribution in [2.45, 2.75) is 26.7 Å². The minimum atomic E-state index is 0.327. The van der Waals surface area contributed by atoms with Gasteiger partial charge in [-0.1, -0.05) is 43.7 Å². The van der Waals surface area contributed by atoms with Crippen LogP contribution in [0.5, 0.6) is 0 Å². The van der Waals surface area contributed by atoms with Crippen LogP contribution >= 0.6 is 23.8 Å². The monoisotopic (exact) mass is 282 g/mol. The molecule has 1 aliphatic heterocycles. The Balaban J connectivity index is 2.39. The average molecular weight is 283 g/mol. The first-order valence-corrected chi connectivity index (χ1v) is 7.03. The second kappa shape index (κ2) is 5.06. The van der Waals surface area contributed by atoms with E-state index in [4.69, 9.17) is 29.6 Å². The summed E-state index contributed by atoms with van der Waals surface area (Å²) in [5.41, 5.74) is 8.02. The van der Waals surface area contributed by atoms with Gasteiger partial charge in [0.15, 0.2) is 0 Å². The van der Waals surface area contributed by atoms with Crippen molar-refractivity contribution in [1.82, 2.24) is 0 Å². The quantitative estimate of drug-likeness (QED) is 0.841. The molecule has 0 amide bonds. The highest BCUT2D eigenvalue weighted by molar-refractivity contribution is 7.80. The average Bonchev–Trinajstić information content (AvgIpc) is 2.26. The Bertz CT molecular complexity index is 471. The normalized spacial score (nSPS) is 18.7. The Hall–Kier alpha value is -0.800. The summed E-state index contributed by atoms with van der Waals surface area (Å²) in [6.07, 6.45) is 2.45. The summed E-state index contributed by atoms with van der Waals surface area (Å²) in [5, 5.41) is 0.642. The van der Waals surface area contributed by atoms with Gasteiger partial charge in [0.25, 0.3) is 0 Å². The second-order valence-electron chi connectivity index (χ2n) is 5.69. The zero-order valence-electron chi connectivity index (χ0n) is 10.9. The van der Waals surface area contributed by atoms with E-state index >= 15 is 0 Å². The lowest BCUT2D eigenvalue weighted by Crippen LogP contribution is -2.41. The lowest BCUT2D eigenvalue weighted by Gasteiger charge is -2.40. The molecule has 0 unspecified atom stereocenters. The largest absolute Gasteiger partial charge is 0.389 e. The van der Waals surface area contributed by atoms with Crippen molar-refractivity contribution in [3.8, 4) is 0 Å². The van der Waals surface area contributed by atoms with Gasteiger partial charge in [-0.2, -0.15) is 0 Å². The molecule has 0 atom stereocenters. The van der Waals surface area contributed by atoms with Gasteiger partial charge in [0.2, 0.25) is 0 Å². The van der Waals surface area contributed by atoms with Gasteiger partial charge < -0.3 is 10.6 Å². The van der Waals surface area contributed by atoms with Crippen LogP contribution in [-0.2, 0) is 0 Å². The van der Waals surface area contributed by atoms with Gasteiger partial charge in [0, 0.05) is 18.8 Å². The predicted octanol–water partition coefficient (Wildman–Crippen LogP) is 3.60. The highest BCUT2D eigenvalue weighted by atomic mass is 35.5. The molecular weight excluding hydrogens is 264 g/mol. The number of piperidine rings is 1. The first-order chi connectivity index (χ1) is 8.41. The van der Waals surface area contributed by atoms with Crippen LogP contribution in [0.3, 0.4) is 0 Å². The van der Waals surface area contributed by atoms with E-state index in [-0.39, 0.29) is 0 Å². The molecule has 98 valence electrons. The number of nitrogens with zero attached hydrogens (tertiary/aromatic N) is 1. The van der Waals surface area contributed by atoms with E-state index in [1.165, 1.54) is 12.8 Å². The summed E-state index contributed by atoms with van der Waals surface area (Å²) >= 11 is 11.4. The molecule has 1 aromatic rings. The minimum Gasteiger partial charge on any atom is -0.389 e. The fraction of sp³-hybridized carbons (Fsp3) is 0.500. The second-order valence-corrected chi connectivity index (χ2v) is 6.53. The van der Waals surface area contributed by atoms with Crippen molar-refractivity contribution < 1.29 is 0 Å². The molecule has 0 spiro atoms. The van der Waals surface area contributed by atoms with E-state index in [0.717, 1.165) is 24.3 Å². The van der Waals surface area contributed by atoms with E-state index in [0.29, 0.717) is 15.4 Å². The van der Waals surface area contributed by atoms with E-state index in [1.54, 1.807) is 0 Å². The highest BCUT2D eigenvalue weighted by Crippen LogP contribution is 2.35. The Kier molecular flexibility index (Phi) is 3.83. The molecule has 1 heterocycles. The molecule has 1 fully saturated rings. The number of hydrogen-bond acceptors (Lipinski definition) is 2. The molecule has 4 heteroatoms. The fourth-order valence-electron chi connectivity index (χ4n) is 2.65. The highest BCUT2D eigenvalue weighted by Gasteiger charge is 2.28. The number of hydrogen-bond donors (Lipinski definition) is 1. The number of rotatable bonds is 2. The molecule has 1 saturated heterocycles. The van der Waals surface area contributed by atoms with Gasteiger partial charge in [0.05, 0.1) is 10.6 Å². The zero-order chi connectivity index (χ0) is 13.3. The number of nitrogens with two attached hydrogens (primary N) is 1. The SMILES string of the molecule is CC1(C)CCCN(c2cccc(Cl)c2C(N)=S)C1. The number of anilines is 1. The maximum Gasteiger partial charge on any atom is 0.107 e. The number of thiocarbonyl (C=S) groups is 1. The lowest BCUT2D eigenvalue weighted by atomic mass is 9.84. The zero-order valence-corrected chi connectivity index (χ0v) is 12.4. The van der Waals surface area contributed by atoms with Crippen molar-refractivity contribution in [2.24, 2.45) is 11.1 Å². The summed E-state index contributed by atoms with van der Waals surface area (Å²) in [5.74, 6) is 0. The third kappa shape index (κ3) is 2.78. The summed E-state index contributed by atoms with van der Waals surface area (Å²) in [6.45, 7) is 6.65. The first-order valence-electron chi connectivity index (χ1n) is 6.24. The molecule has 2 rings (SSSR count). The van der Waals surface area contributed by atoms with Crippen molar-refractivity contribution in [3.05, 3.63) is 28.8 Å². The van der Waals surface area contributed by atoms with Crippen molar-refractivity contribution >= 4 is 34.5 Å². The molecule has 0 aromatic heterocycles. The van der Waals surface area contributed by atoms with E-state index in [9.17, 15) is 0 Å². The molecule has 18 heavy (non-hydrogen) atoms. The molecular formula is C14H19ClN2S. The minimum absolute atomic E-state index is 0.327. The number of halogens is 1. The fourth-order valence-corrected chi connectivity index (χ4v) is 3.19. The molecule has 0 bridgehead atoms. The van der Waals surface area contributed by atoms with Crippen LogP contribution in [0.1, 0.15) is 32.3 Å². The molecule has 1 aliphatic rings. The molecule has 2 N–H and O–H groups in total. The molecule has 2 nitrogen and oxygen atoms in total. The van der Waals surface area contributed by atoms with Gasteiger partial charge >= 0.3 is 0 Å². The van der Waals surface area contributed by atoms with Gasteiger partial charge in [-0.05, 0) is 30.4 Å². The van der Waals surface area contributed by atoms with Crippen LogP contribution in [0.15, 0.2) is 18.2 Å².